The summed E-state index contributed by atoms with van der Waals surface area (Å²) in [7, 11) is 0. The molecule has 1 aliphatic heterocycles. The van der Waals surface area contributed by atoms with Gasteiger partial charge in [0, 0.05) is 37.3 Å². The molecule has 2 amide bonds. The molecule has 1 saturated heterocycles. The molecule has 0 bridgehead atoms. The van der Waals surface area contributed by atoms with Crippen molar-refractivity contribution < 1.29 is 27.8 Å². The van der Waals surface area contributed by atoms with Crippen LogP contribution in [0.15, 0.2) is 78.9 Å². The summed E-state index contributed by atoms with van der Waals surface area (Å²) in [4.78, 5) is 29.4. The molecule has 176 valence electrons. The molecule has 34 heavy (non-hydrogen) atoms. The predicted molar refractivity (Wildman–Crippen MR) is 122 cm³/mol. The number of amides is 2. The van der Waals surface area contributed by atoms with Crippen LogP contribution in [-0.2, 0) is 6.61 Å². The molecule has 0 unspecified atom stereocenters. The van der Waals surface area contributed by atoms with Crippen molar-refractivity contribution in [1.82, 2.24) is 9.80 Å². The molecule has 1 heterocycles. The van der Waals surface area contributed by atoms with Crippen molar-refractivity contribution in [2.75, 3.05) is 26.2 Å². The van der Waals surface area contributed by atoms with E-state index in [0.717, 1.165) is 5.56 Å². The topological polar surface area (TPSA) is 59.1 Å². The highest BCUT2D eigenvalue weighted by molar-refractivity contribution is 5.98. The predicted octanol–water partition coefficient (Wildman–Crippen LogP) is 4.47. The normalized spacial score (nSPS) is 13.6. The van der Waals surface area contributed by atoms with Crippen molar-refractivity contribution >= 4 is 11.8 Å². The number of hydrogen-bond acceptors (Lipinski definition) is 4. The Balaban J connectivity index is 1.39. The summed E-state index contributed by atoms with van der Waals surface area (Å²) in [6.45, 7) is -1.53. The van der Waals surface area contributed by atoms with E-state index in [0.29, 0.717) is 24.4 Å². The molecule has 3 aromatic carbocycles. The van der Waals surface area contributed by atoms with E-state index in [1.807, 2.05) is 42.5 Å². The van der Waals surface area contributed by atoms with Crippen molar-refractivity contribution in [3.63, 3.8) is 0 Å². The number of hydrogen-bond donors (Lipinski definition) is 0. The Morgan fingerprint density at radius 3 is 1.91 bits per heavy atom. The van der Waals surface area contributed by atoms with E-state index < -0.39 is 12.5 Å². The molecule has 0 spiro atoms. The molecule has 1 fully saturated rings. The van der Waals surface area contributed by atoms with Crippen LogP contribution in [0.2, 0.25) is 0 Å². The van der Waals surface area contributed by atoms with Gasteiger partial charge in [0.15, 0.2) is 0 Å². The van der Waals surface area contributed by atoms with Gasteiger partial charge in [-0.15, -0.1) is 0 Å². The van der Waals surface area contributed by atoms with Gasteiger partial charge >= 0.3 is 6.61 Å². The van der Waals surface area contributed by atoms with E-state index in [9.17, 15) is 18.4 Å². The largest absolute Gasteiger partial charge is 0.489 e. The summed E-state index contributed by atoms with van der Waals surface area (Å²) in [6.07, 6.45) is 0. The number of ether oxygens (including phenoxy) is 2. The van der Waals surface area contributed by atoms with Gasteiger partial charge in [-0.25, -0.2) is 0 Å². The third kappa shape index (κ3) is 5.51. The fourth-order valence-electron chi connectivity index (χ4n) is 3.83. The first-order valence-corrected chi connectivity index (χ1v) is 10.9. The number of benzene rings is 3. The Hall–Kier alpha value is -3.94. The zero-order valence-corrected chi connectivity index (χ0v) is 18.4. The van der Waals surface area contributed by atoms with Gasteiger partial charge in [0.05, 0.1) is 5.56 Å². The van der Waals surface area contributed by atoms with Gasteiger partial charge in [-0.1, -0.05) is 48.5 Å². The average Bonchev–Trinajstić information content (AvgIpc) is 2.87. The van der Waals surface area contributed by atoms with Crippen molar-refractivity contribution in [3.8, 4) is 11.5 Å². The summed E-state index contributed by atoms with van der Waals surface area (Å²) in [5.74, 6) is 0.0159. The van der Waals surface area contributed by atoms with Crippen LogP contribution < -0.4 is 9.47 Å². The zero-order chi connectivity index (χ0) is 23.9. The lowest BCUT2D eigenvalue weighted by atomic mass is 10.1. The second kappa shape index (κ2) is 10.8. The van der Waals surface area contributed by atoms with Crippen molar-refractivity contribution in [2.24, 2.45) is 0 Å². The lowest BCUT2D eigenvalue weighted by Gasteiger charge is -2.35. The number of carbonyl (C=O) groups excluding carboxylic acids is 2. The molecular weight excluding hydrogens is 442 g/mol. The number of alkyl halides is 2. The molecule has 0 atom stereocenters. The van der Waals surface area contributed by atoms with Gasteiger partial charge < -0.3 is 19.3 Å². The summed E-state index contributed by atoms with van der Waals surface area (Å²) < 4.78 is 35.7. The fraction of sp³-hybridized carbons (Fsp3) is 0.231. The van der Waals surface area contributed by atoms with E-state index in [1.165, 1.54) is 18.2 Å². The minimum atomic E-state index is -3.02. The SMILES string of the molecule is O=C(c1ccccc1COc1ccccc1)N1CCN(C(=O)c2ccccc2OC(F)F)CC1. The van der Waals surface area contributed by atoms with E-state index >= 15 is 0 Å². The Morgan fingerprint density at radius 2 is 1.26 bits per heavy atom. The molecule has 0 aromatic heterocycles. The van der Waals surface area contributed by atoms with E-state index in [-0.39, 0.29) is 36.9 Å². The summed E-state index contributed by atoms with van der Waals surface area (Å²) in [6, 6.07) is 22.6. The van der Waals surface area contributed by atoms with Crippen LogP contribution in [0.5, 0.6) is 11.5 Å². The Kier molecular flexibility index (Phi) is 7.37. The smallest absolute Gasteiger partial charge is 0.387 e. The van der Waals surface area contributed by atoms with Crippen LogP contribution >= 0.6 is 0 Å². The van der Waals surface area contributed by atoms with E-state index in [1.54, 1.807) is 28.0 Å². The van der Waals surface area contributed by atoms with Crippen LogP contribution in [0.3, 0.4) is 0 Å². The van der Waals surface area contributed by atoms with Crippen molar-refractivity contribution in [1.29, 1.82) is 0 Å². The van der Waals surface area contributed by atoms with Gasteiger partial charge in [-0.2, -0.15) is 8.78 Å². The van der Waals surface area contributed by atoms with Gasteiger partial charge in [0.25, 0.3) is 11.8 Å². The zero-order valence-electron chi connectivity index (χ0n) is 18.4. The number of halogens is 2. The number of para-hydroxylation sites is 2. The summed E-state index contributed by atoms with van der Waals surface area (Å²) in [5.41, 5.74) is 1.40. The Labute approximate surface area is 196 Å². The minimum absolute atomic E-state index is 0.0750. The lowest BCUT2D eigenvalue weighted by molar-refractivity contribution is -0.0503. The first-order valence-electron chi connectivity index (χ1n) is 10.9. The van der Waals surface area contributed by atoms with Crippen LogP contribution in [0, 0.1) is 0 Å². The lowest BCUT2D eigenvalue weighted by Crippen LogP contribution is -2.50. The van der Waals surface area contributed by atoms with E-state index in [4.69, 9.17) is 4.74 Å². The van der Waals surface area contributed by atoms with Crippen LogP contribution in [-0.4, -0.2) is 54.4 Å². The van der Waals surface area contributed by atoms with Crippen molar-refractivity contribution in [2.45, 2.75) is 13.2 Å². The summed E-state index contributed by atoms with van der Waals surface area (Å²) >= 11 is 0. The third-order valence-electron chi connectivity index (χ3n) is 5.57. The minimum Gasteiger partial charge on any atom is -0.489 e. The first-order chi connectivity index (χ1) is 16.5. The highest BCUT2D eigenvalue weighted by atomic mass is 19.3. The number of carbonyl (C=O) groups is 2. The molecule has 3 aromatic rings. The van der Waals surface area contributed by atoms with E-state index in [2.05, 4.69) is 4.74 Å². The maximum absolute atomic E-state index is 13.2. The molecule has 1 aliphatic rings. The number of rotatable bonds is 7. The van der Waals surface area contributed by atoms with Crippen molar-refractivity contribution in [3.05, 3.63) is 95.6 Å². The molecule has 0 saturated carbocycles. The number of nitrogens with zero attached hydrogens (tertiary/aromatic N) is 2. The van der Waals surface area contributed by atoms with Gasteiger partial charge in [0.1, 0.15) is 18.1 Å². The first kappa shape index (κ1) is 23.2. The van der Waals surface area contributed by atoms with Crippen LogP contribution in [0.25, 0.3) is 0 Å². The molecule has 8 heteroatoms. The molecule has 0 aliphatic carbocycles. The van der Waals surface area contributed by atoms with Gasteiger partial charge in [-0.3, -0.25) is 9.59 Å². The summed E-state index contributed by atoms with van der Waals surface area (Å²) in [5, 5.41) is 0. The second-order valence-electron chi connectivity index (χ2n) is 7.72. The maximum atomic E-state index is 13.2. The standard InChI is InChI=1S/C26H24F2N2O4/c27-26(28)34-23-13-7-6-12-22(23)25(32)30-16-14-29(15-17-30)24(31)21-11-5-4-8-19(21)18-33-20-9-2-1-3-10-20/h1-13,26H,14-18H2. The number of piperazine rings is 1. The maximum Gasteiger partial charge on any atom is 0.387 e. The Bertz CT molecular complexity index is 1130. The molecule has 6 nitrogen and oxygen atoms in total. The van der Waals surface area contributed by atoms with Gasteiger partial charge in [0.2, 0.25) is 0 Å². The third-order valence-corrected chi connectivity index (χ3v) is 5.57. The van der Waals surface area contributed by atoms with Crippen LogP contribution in [0.1, 0.15) is 26.3 Å². The monoisotopic (exact) mass is 466 g/mol. The van der Waals surface area contributed by atoms with Crippen LogP contribution in [0.4, 0.5) is 8.78 Å². The molecule has 4 rings (SSSR count). The fourth-order valence-corrected chi connectivity index (χ4v) is 3.83. The second-order valence-corrected chi connectivity index (χ2v) is 7.72. The molecule has 0 N–H and O–H groups in total. The van der Waals surface area contributed by atoms with Gasteiger partial charge in [-0.05, 0) is 30.3 Å². The highest BCUT2D eigenvalue weighted by Gasteiger charge is 2.28. The average molecular weight is 466 g/mol. The quantitative estimate of drug-likeness (QED) is 0.516. The molecule has 0 radical (unpaired) electrons. The Morgan fingerprint density at radius 1 is 0.735 bits per heavy atom. The highest BCUT2D eigenvalue weighted by Crippen LogP contribution is 2.23. The molecular formula is C26H24F2N2O4.